The van der Waals surface area contributed by atoms with E-state index >= 15 is 0 Å². The van der Waals surface area contributed by atoms with Crippen LogP contribution in [0.1, 0.15) is 0 Å². The molecule has 4 nitrogen and oxygen atoms in total. The van der Waals surface area contributed by atoms with Crippen LogP contribution in [-0.4, -0.2) is 9.55 Å². The molecule has 1 aliphatic carbocycles. The molecule has 136 valence electrons. The minimum atomic E-state index is -0.410. The Morgan fingerprint density at radius 1 is 0.786 bits per heavy atom. The number of halogens is 2. The number of hydrogen-bond donors (Lipinski definition) is 1. The van der Waals surface area contributed by atoms with Gasteiger partial charge in [0.1, 0.15) is 5.22 Å². The minimum Gasteiger partial charge on any atom is -0.353 e. The maximum Gasteiger partial charge on any atom is 0.269 e. The van der Waals surface area contributed by atoms with Gasteiger partial charge in [-0.15, -0.1) is 0 Å². The molecule has 0 bridgehead atoms. The zero-order chi connectivity index (χ0) is 19.4. The fraction of sp³-hybridized carbons (Fsp3) is 0. The first-order valence-electron chi connectivity index (χ1n) is 8.59. The van der Waals surface area contributed by atoms with E-state index in [0.29, 0.717) is 37.5 Å². The van der Waals surface area contributed by atoms with Crippen LogP contribution < -0.4 is 11.0 Å². The van der Waals surface area contributed by atoms with E-state index in [4.69, 9.17) is 23.2 Å². The van der Waals surface area contributed by atoms with Crippen molar-refractivity contribution in [3.05, 3.63) is 108 Å². The molecular weight excluding hydrogens is 395 g/mol. The van der Waals surface area contributed by atoms with Gasteiger partial charge in [0.2, 0.25) is 5.43 Å². The first-order chi connectivity index (χ1) is 13.5. The number of nitrogens with one attached hydrogen (secondary N) is 1. The summed E-state index contributed by atoms with van der Waals surface area (Å²) in [6, 6.07) is 19.3. The second-order valence-corrected chi connectivity index (χ2v) is 7.40. The number of aromatic nitrogens is 2. The van der Waals surface area contributed by atoms with Crippen molar-refractivity contribution in [1.29, 1.82) is 0 Å². The van der Waals surface area contributed by atoms with Gasteiger partial charge in [-0.2, -0.15) is 0 Å². The third-order valence-electron chi connectivity index (χ3n) is 4.88. The molecule has 0 saturated heterocycles. The molecule has 0 radical (unpaired) electrons. The van der Waals surface area contributed by atoms with Gasteiger partial charge in [-0.1, -0.05) is 47.5 Å². The average molecular weight is 407 g/mol. The van der Waals surface area contributed by atoms with Crippen LogP contribution >= 0.6 is 23.2 Å². The van der Waals surface area contributed by atoms with Crippen LogP contribution in [0.15, 0.2) is 76.3 Å². The van der Waals surface area contributed by atoms with Crippen LogP contribution in [0.2, 0.25) is 10.0 Å². The van der Waals surface area contributed by atoms with Gasteiger partial charge in [0.05, 0.1) is 16.4 Å². The lowest BCUT2D eigenvalue weighted by Gasteiger charge is -2.07. The van der Waals surface area contributed by atoms with Gasteiger partial charge in [0, 0.05) is 26.5 Å². The number of rotatable bonds is 1. The summed E-state index contributed by atoms with van der Waals surface area (Å²) >= 11 is 12.2. The molecule has 0 saturated carbocycles. The van der Waals surface area contributed by atoms with Gasteiger partial charge in [-0.25, -0.2) is 0 Å². The second kappa shape index (κ2) is 6.23. The third-order valence-corrected chi connectivity index (χ3v) is 5.37. The maximum absolute atomic E-state index is 13.6. The predicted molar refractivity (Wildman–Crippen MR) is 113 cm³/mol. The van der Waals surface area contributed by atoms with E-state index < -0.39 is 5.56 Å². The molecule has 0 unspecified atom stereocenters. The van der Waals surface area contributed by atoms with Gasteiger partial charge in [-0.3, -0.25) is 14.2 Å². The Bertz CT molecular complexity index is 1570. The van der Waals surface area contributed by atoms with Crippen molar-refractivity contribution in [3.8, 4) is 5.69 Å². The molecule has 3 aromatic carbocycles. The lowest BCUT2D eigenvalue weighted by molar-refractivity contribution is 1.04. The summed E-state index contributed by atoms with van der Waals surface area (Å²) in [7, 11) is 0. The standard InChI is InChI=1S/C22H12Cl2N2O2/c23-12-5-8-14(9-6-12)26-18-11-13(24)7-10-17(18)25-20-15-3-1-2-4-16(15)21(27)19(20)22(26)28/h1-11,25H. The molecule has 2 aliphatic rings. The molecule has 28 heavy (non-hydrogen) atoms. The van der Waals surface area contributed by atoms with Gasteiger partial charge < -0.3 is 4.98 Å². The molecule has 5 rings (SSSR count). The predicted octanol–water partition coefficient (Wildman–Crippen LogP) is 4.86. The number of benzene rings is 3. The van der Waals surface area contributed by atoms with E-state index in [1.165, 1.54) is 4.57 Å². The van der Waals surface area contributed by atoms with Gasteiger partial charge in [-0.05, 0) is 42.5 Å². The topological polar surface area (TPSA) is 54.9 Å². The number of H-pyrrole nitrogens is 1. The van der Waals surface area contributed by atoms with Crippen molar-refractivity contribution < 1.29 is 0 Å². The Kier molecular flexibility index (Phi) is 3.79. The number of hydrogen-bond acceptors (Lipinski definition) is 2. The molecule has 0 spiro atoms. The number of fused-ring (bicyclic) bond motifs is 3. The van der Waals surface area contributed by atoms with Gasteiger partial charge >= 0.3 is 0 Å². The molecule has 1 N–H and O–H groups in total. The van der Waals surface area contributed by atoms with Crippen molar-refractivity contribution in [3.63, 3.8) is 0 Å². The Hall–Kier alpha value is -3.08. The van der Waals surface area contributed by atoms with Crippen LogP contribution in [0.5, 0.6) is 0 Å². The Morgan fingerprint density at radius 2 is 1.46 bits per heavy atom. The summed E-state index contributed by atoms with van der Waals surface area (Å²) in [5, 5.41) is 2.91. The lowest BCUT2D eigenvalue weighted by atomic mass is 10.2. The van der Waals surface area contributed by atoms with E-state index in [1.807, 2.05) is 12.1 Å². The summed E-state index contributed by atoms with van der Waals surface area (Å²) in [4.78, 5) is 29.9. The van der Waals surface area contributed by atoms with Crippen molar-refractivity contribution in [2.24, 2.45) is 0 Å². The molecule has 1 aliphatic heterocycles. The fourth-order valence-corrected chi connectivity index (χ4v) is 3.91. The van der Waals surface area contributed by atoms with Crippen molar-refractivity contribution >= 4 is 45.0 Å². The molecule has 0 atom stereocenters. The maximum atomic E-state index is 13.6. The van der Waals surface area contributed by atoms with Crippen molar-refractivity contribution in [1.82, 2.24) is 9.55 Å². The van der Waals surface area contributed by atoms with Crippen LogP contribution in [0.4, 0.5) is 0 Å². The lowest BCUT2D eigenvalue weighted by Crippen LogP contribution is -2.21. The second-order valence-electron chi connectivity index (χ2n) is 6.53. The van der Waals surface area contributed by atoms with Crippen molar-refractivity contribution in [2.75, 3.05) is 0 Å². The van der Waals surface area contributed by atoms with Crippen LogP contribution in [-0.2, 0) is 0 Å². The van der Waals surface area contributed by atoms with Crippen LogP contribution in [0.3, 0.4) is 0 Å². The highest BCUT2D eigenvalue weighted by Crippen LogP contribution is 2.22. The summed E-state index contributed by atoms with van der Waals surface area (Å²) in [5.74, 6) is 0. The smallest absolute Gasteiger partial charge is 0.269 e. The first-order valence-corrected chi connectivity index (χ1v) is 9.35. The summed E-state index contributed by atoms with van der Waals surface area (Å²) in [6.07, 6.45) is 0. The Balaban J connectivity index is 2.14. The molecule has 1 heterocycles. The van der Waals surface area contributed by atoms with E-state index in [0.717, 1.165) is 5.39 Å². The molecule has 0 aromatic heterocycles. The fourth-order valence-electron chi connectivity index (χ4n) is 3.61. The van der Waals surface area contributed by atoms with Crippen LogP contribution in [0.25, 0.3) is 27.5 Å². The van der Waals surface area contributed by atoms with E-state index in [1.54, 1.807) is 54.6 Å². The SMILES string of the molecule is O=c1c2c(=O)n(-c3ccc(Cl)cc3)c3cc(Cl)ccc3[nH]c=2c2ccccc12. The largest absolute Gasteiger partial charge is 0.353 e. The normalized spacial score (nSPS) is 11.5. The Labute approximate surface area is 168 Å². The summed E-state index contributed by atoms with van der Waals surface area (Å²) in [5.41, 5.74) is 1.15. The average Bonchev–Trinajstić information content (AvgIpc) is 2.90. The zero-order valence-electron chi connectivity index (χ0n) is 14.4. The molecule has 0 amide bonds. The molecular formula is C22H12Cl2N2O2. The molecule has 6 heteroatoms. The van der Waals surface area contributed by atoms with Crippen molar-refractivity contribution in [2.45, 2.75) is 0 Å². The third kappa shape index (κ3) is 2.46. The zero-order valence-corrected chi connectivity index (χ0v) is 15.9. The summed E-state index contributed by atoms with van der Waals surface area (Å²) in [6.45, 7) is 0. The van der Waals surface area contributed by atoms with E-state index in [9.17, 15) is 9.59 Å². The van der Waals surface area contributed by atoms with E-state index in [-0.39, 0.29) is 10.6 Å². The van der Waals surface area contributed by atoms with Gasteiger partial charge in [0.15, 0.2) is 0 Å². The number of aromatic amines is 1. The highest BCUT2D eigenvalue weighted by molar-refractivity contribution is 6.31. The number of nitrogens with zero attached hydrogens (tertiary/aromatic N) is 1. The summed E-state index contributed by atoms with van der Waals surface area (Å²) < 4.78 is 1.50. The van der Waals surface area contributed by atoms with Gasteiger partial charge in [0.25, 0.3) is 5.56 Å². The van der Waals surface area contributed by atoms with E-state index in [2.05, 4.69) is 4.98 Å². The Morgan fingerprint density at radius 3 is 2.21 bits per heavy atom. The minimum absolute atomic E-state index is 0.114. The highest BCUT2D eigenvalue weighted by Gasteiger charge is 2.14. The van der Waals surface area contributed by atoms with Crippen LogP contribution in [0, 0.1) is 10.6 Å². The quantitative estimate of drug-likeness (QED) is 0.431. The molecule has 0 fully saturated rings. The molecule has 3 aromatic rings. The highest BCUT2D eigenvalue weighted by atomic mass is 35.5. The first kappa shape index (κ1) is 17.0. The monoisotopic (exact) mass is 406 g/mol.